The van der Waals surface area contributed by atoms with E-state index in [-0.39, 0.29) is 0 Å². The van der Waals surface area contributed by atoms with Crippen LogP contribution in [0.25, 0.3) is 0 Å². The Balaban J connectivity index is 3.50. The van der Waals surface area contributed by atoms with Crippen molar-refractivity contribution in [3.05, 3.63) is 0 Å². The van der Waals surface area contributed by atoms with Crippen molar-refractivity contribution in [3.63, 3.8) is 0 Å². The SMILES string of the molecule is CCCCCCCC(C)C(C)C(C)CC. The van der Waals surface area contributed by atoms with Gasteiger partial charge in [-0.1, -0.05) is 79.6 Å². The molecule has 0 bridgehead atoms. The van der Waals surface area contributed by atoms with E-state index in [4.69, 9.17) is 0 Å². The van der Waals surface area contributed by atoms with E-state index in [0.29, 0.717) is 0 Å². The first-order valence-electron chi connectivity index (χ1n) is 7.13. The number of rotatable bonds is 9. The monoisotopic (exact) mass is 212 g/mol. The Kier molecular flexibility index (Phi) is 9.24. The van der Waals surface area contributed by atoms with E-state index in [2.05, 4.69) is 34.6 Å². The third kappa shape index (κ3) is 6.98. The Hall–Kier alpha value is 0. The van der Waals surface area contributed by atoms with Gasteiger partial charge in [-0.25, -0.2) is 0 Å². The zero-order valence-electron chi connectivity index (χ0n) is 11.7. The van der Waals surface area contributed by atoms with Gasteiger partial charge in [-0.3, -0.25) is 0 Å². The molecule has 3 unspecified atom stereocenters. The van der Waals surface area contributed by atoms with Gasteiger partial charge in [0, 0.05) is 0 Å². The van der Waals surface area contributed by atoms with Crippen LogP contribution in [0.3, 0.4) is 0 Å². The molecule has 0 N–H and O–H groups in total. The Morgan fingerprint density at radius 1 is 0.733 bits per heavy atom. The average Bonchev–Trinajstić information content (AvgIpc) is 2.26. The van der Waals surface area contributed by atoms with Crippen molar-refractivity contribution >= 4 is 0 Å². The second-order valence-corrected chi connectivity index (χ2v) is 5.42. The highest BCUT2D eigenvalue weighted by atomic mass is 14.2. The van der Waals surface area contributed by atoms with Gasteiger partial charge in [-0.05, 0) is 17.8 Å². The van der Waals surface area contributed by atoms with Crippen LogP contribution in [0.5, 0.6) is 0 Å². The highest BCUT2D eigenvalue weighted by molar-refractivity contribution is 4.67. The summed E-state index contributed by atoms with van der Waals surface area (Å²) in [5.41, 5.74) is 0. The van der Waals surface area contributed by atoms with E-state index < -0.39 is 0 Å². The summed E-state index contributed by atoms with van der Waals surface area (Å²) in [7, 11) is 0. The first-order chi connectivity index (χ1) is 7.13. The van der Waals surface area contributed by atoms with Crippen molar-refractivity contribution in [1.82, 2.24) is 0 Å². The third-order valence-electron chi connectivity index (χ3n) is 4.20. The summed E-state index contributed by atoms with van der Waals surface area (Å²) in [6, 6.07) is 0. The zero-order valence-corrected chi connectivity index (χ0v) is 11.7. The quantitative estimate of drug-likeness (QED) is 0.432. The predicted octanol–water partition coefficient (Wildman–Crippen LogP) is 5.67. The molecule has 15 heavy (non-hydrogen) atoms. The Labute approximate surface area is 97.8 Å². The van der Waals surface area contributed by atoms with E-state index in [1.165, 1.54) is 44.9 Å². The van der Waals surface area contributed by atoms with E-state index in [0.717, 1.165) is 17.8 Å². The van der Waals surface area contributed by atoms with E-state index in [9.17, 15) is 0 Å². The minimum atomic E-state index is 0.899. The fraction of sp³-hybridized carbons (Fsp3) is 1.00. The molecule has 0 aromatic heterocycles. The summed E-state index contributed by atoms with van der Waals surface area (Å²) in [6.07, 6.45) is 9.90. The maximum Gasteiger partial charge on any atom is -0.0391 e. The van der Waals surface area contributed by atoms with Crippen molar-refractivity contribution in [1.29, 1.82) is 0 Å². The lowest BCUT2D eigenvalue weighted by atomic mass is 9.81. The van der Waals surface area contributed by atoms with Crippen molar-refractivity contribution < 1.29 is 0 Å². The number of hydrogen-bond acceptors (Lipinski definition) is 0. The van der Waals surface area contributed by atoms with E-state index in [1.807, 2.05) is 0 Å². The average molecular weight is 212 g/mol. The molecule has 92 valence electrons. The molecular weight excluding hydrogens is 180 g/mol. The molecule has 0 aromatic rings. The van der Waals surface area contributed by atoms with Gasteiger partial charge in [0.15, 0.2) is 0 Å². The van der Waals surface area contributed by atoms with Crippen LogP contribution in [0.1, 0.15) is 79.6 Å². The summed E-state index contributed by atoms with van der Waals surface area (Å²) in [4.78, 5) is 0. The minimum Gasteiger partial charge on any atom is -0.0654 e. The lowest BCUT2D eigenvalue weighted by Crippen LogP contribution is -2.15. The van der Waals surface area contributed by atoms with Crippen LogP contribution in [-0.4, -0.2) is 0 Å². The Bertz CT molecular complexity index is 128. The highest BCUT2D eigenvalue weighted by Crippen LogP contribution is 2.27. The van der Waals surface area contributed by atoms with Crippen LogP contribution < -0.4 is 0 Å². The van der Waals surface area contributed by atoms with Crippen LogP contribution in [0.4, 0.5) is 0 Å². The van der Waals surface area contributed by atoms with E-state index >= 15 is 0 Å². The molecule has 0 nitrogen and oxygen atoms in total. The molecule has 3 atom stereocenters. The molecule has 0 heterocycles. The largest absolute Gasteiger partial charge is 0.0654 e. The fourth-order valence-corrected chi connectivity index (χ4v) is 2.27. The van der Waals surface area contributed by atoms with Gasteiger partial charge in [0.1, 0.15) is 0 Å². The molecule has 0 aliphatic heterocycles. The van der Waals surface area contributed by atoms with Crippen molar-refractivity contribution in [2.24, 2.45) is 17.8 Å². The van der Waals surface area contributed by atoms with E-state index in [1.54, 1.807) is 0 Å². The summed E-state index contributed by atoms with van der Waals surface area (Å²) in [5.74, 6) is 2.72. The summed E-state index contributed by atoms with van der Waals surface area (Å²) >= 11 is 0. The third-order valence-corrected chi connectivity index (χ3v) is 4.20. The van der Waals surface area contributed by atoms with Gasteiger partial charge in [0.05, 0.1) is 0 Å². The molecule has 0 aromatic carbocycles. The molecule has 0 radical (unpaired) electrons. The fourth-order valence-electron chi connectivity index (χ4n) is 2.27. The molecule has 0 spiro atoms. The van der Waals surface area contributed by atoms with Crippen LogP contribution in [0.15, 0.2) is 0 Å². The Morgan fingerprint density at radius 2 is 1.33 bits per heavy atom. The smallest absolute Gasteiger partial charge is 0.0391 e. The molecular formula is C15H32. The van der Waals surface area contributed by atoms with Crippen molar-refractivity contribution in [2.45, 2.75) is 79.6 Å². The van der Waals surface area contributed by atoms with Crippen LogP contribution in [-0.2, 0) is 0 Å². The van der Waals surface area contributed by atoms with Gasteiger partial charge in [0.25, 0.3) is 0 Å². The predicted molar refractivity (Wildman–Crippen MR) is 71.2 cm³/mol. The maximum absolute atomic E-state index is 2.44. The lowest BCUT2D eigenvalue weighted by molar-refractivity contribution is 0.255. The lowest BCUT2D eigenvalue weighted by Gasteiger charge is -2.25. The summed E-state index contributed by atoms with van der Waals surface area (Å²) in [5, 5.41) is 0. The number of hydrogen-bond donors (Lipinski definition) is 0. The van der Waals surface area contributed by atoms with Crippen LogP contribution in [0.2, 0.25) is 0 Å². The molecule has 0 fully saturated rings. The molecule has 0 aliphatic carbocycles. The summed E-state index contributed by atoms with van der Waals surface area (Å²) < 4.78 is 0. The normalized spacial score (nSPS) is 17.4. The molecule has 0 rings (SSSR count). The number of unbranched alkanes of at least 4 members (excludes halogenated alkanes) is 4. The Morgan fingerprint density at radius 3 is 1.87 bits per heavy atom. The molecule has 0 heteroatoms. The van der Waals surface area contributed by atoms with Gasteiger partial charge < -0.3 is 0 Å². The standard InChI is InChI=1S/C15H32/c1-6-8-9-10-11-12-14(4)15(5)13(3)7-2/h13-15H,6-12H2,1-5H3. The summed E-state index contributed by atoms with van der Waals surface area (Å²) in [6.45, 7) is 11.9. The van der Waals surface area contributed by atoms with Crippen LogP contribution in [0, 0.1) is 17.8 Å². The van der Waals surface area contributed by atoms with Gasteiger partial charge in [0.2, 0.25) is 0 Å². The topological polar surface area (TPSA) is 0 Å². The molecule has 0 saturated heterocycles. The zero-order chi connectivity index (χ0) is 11.7. The van der Waals surface area contributed by atoms with Gasteiger partial charge in [-0.15, -0.1) is 0 Å². The first-order valence-corrected chi connectivity index (χ1v) is 7.13. The molecule has 0 saturated carbocycles. The van der Waals surface area contributed by atoms with Gasteiger partial charge in [-0.2, -0.15) is 0 Å². The van der Waals surface area contributed by atoms with Crippen LogP contribution >= 0.6 is 0 Å². The van der Waals surface area contributed by atoms with Crippen molar-refractivity contribution in [2.75, 3.05) is 0 Å². The molecule has 0 aliphatic rings. The second kappa shape index (κ2) is 9.24. The second-order valence-electron chi connectivity index (χ2n) is 5.42. The first kappa shape index (κ1) is 15.0. The van der Waals surface area contributed by atoms with Gasteiger partial charge >= 0.3 is 0 Å². The highest BCUT2D eigenvalue weighted by Gasteiger charge is 2.16. The van der Waals surface area contributed by atoms with Crippen molar-refractivity contribution in [3.8, 4) is 0 Å². The molecule has 0 amide bonds. The maximum atomic E-state index is 2.44. The minimum absolute atomic E-state index is 0.899.